The van der Waals surface area contributed by atoms with Crippen molar-refractivity contribution in [3.8, 4) is 0 Å². The van der Waals surface area contributed by atoms with E-state index in [2.05, 4.69) is 20.4 Å². The fourth-order valence-electron chi connectivity index (χ4n) is 2.95. The predicted octanol–water partition coefficient (Wildman–Crippen LogP) is 3.84. The van der Waals surface area contributed by atoms with Crippen molar-refractivity contribution < 1.29 is 21.6 Å². The number of fused-ring (bicyclic) bond motifs is 1. The lowest BCUT2D eigenvalue weighted by atomic mass is 10.0. The maximum atomic E-state index is 13.4. The minimum absolute atomic E-state index is 0.00362. The molecule has 0 fully saturated rings. The summed E-state index contributed by atoms with van der Waals surface area (Å²) in [5.41, 5.74) is 0.207. The maximum Gasteiger partial charge on any atom is 0.416 e. The van der Waals surface area contributed by atoms with Crippen LogP contribution < -0.4 is 5.32 Å². The molecule has 3 aromatic rings. The number of hydrogen-bond donors (Lipinski definition) is 1. The molecule has 1 aromatic carbocycles. The molecular formula is C18H20F3N5O2S. The molecule has 3 rings (SSSR count). The summed E-state index contributed by atoms with van der Waals surface area (Å²) in [6, 6.07) is 4.34. The molecule has 0 aliphatic carbocycles. The molecular weight excluding hydrogens is 407 g/mol. The summed E-state index contributed by atoms with van der Waals surface area (Å²) in [7, 11) is -3.75. The van der Waals surface area contributed by atoms with Crippen molar-refractivity contribution in [1.82, 2.24) is 19.6 Å². The van der Waals surface area contributed by atoms with Gasteiger partial charge in [0, 0.05) is 11.8 Å². The third-order valence-electron chi connectivity index (χ3n) is 4.41. The van der Waals surface area contributed by atoms with Crippen molar-refractivity contribution in [2.45, 2.75) is 44.1 Å². The van der Waals surface area contributed by atoms with Crippen LogP contribution in [0.1, 0.15) is 49.4 Å². The Bertz CT molecular complexity index is 1160. The Morgan fingerprint density at radius 3 is 2.31 bits per heavy atom. The first kappa shape index (κ1) is 21.0. The van der Waals surface area contributed by atoms with Crippen LogP contribution in [0.15, 0.2) is 35.6 Å². The van der Waals surface area contributed by atoms with Gasteiger partial charge in [-0.3, -0.25) is 0 Å². The lowest BCUT2D eigenvalue weighted by molar-refractivity contribution is -0.138. The Morgan fingerprint density at radius 2 is 1.72 bits per heavy atom. The highest BCUT2D eigenvalue weighted by Gasteiger charge is 2.34. The van der Waals surface area contributed by atoms with Gasteiger partial charge in [-0.1, -0.05) is 32.0 Å². The standard InChI is InChI=1S/C18H20F3N5O2S/c1-10(2)13-9-22-26-15(13)24-17(29(4,27)28)25-16(26)23-11(3)12-7-5-6-8-14(12)18(19,20)21/h5-11H,1-4H3,(H,23,24,25). The highest BCUT2D eigenvalue weighted by Crippen LogP contribution is 2.35. The van der Waals surface area contributed by atoms with E-state index < -0.39 is 32.8 Å². The lowest BCUT2D eigenvalue weighted by Crippen LogP contribution is -2.19. The van der Waals surface area contributed by atoms with Gasteiger partial charge >= 0.3 is 6.18 Å². The highest BCUT2D eigenvalue weighted by atomic mass is 32.2. The van der Waals surface area contributed by atoms with E-state index in [0.717, 1.165) is 12.3 Å². The molecule has 0 bridgehead atoms. The fourth-order valence-corrected chi connectivity index (χ4v) is 3.45. The first-order valence-corrected chi connectivity index (χ1v) is 10.7. The van der Waals surface area contributed by atoms with Crippen molar-refractivity contribution >= 4 is 21.4 Å². The molecule has 156 valence electrons. The van der Waals surface area contributed by atoms with E-state index in [1.165, 1.54) is 29.6 Å². The van der Waals surface area contributed by atoms with Gasteiger partial charge < -0.3 is 5.32 Å². The Morgan fingerprint density at radius 1 is 1.07 bits per heavy atom. The third-order valence-corrected chi connectivity index (χ3v) is 5.25. The van der Waals surface area contributed by atoms with Crippen LogP contribution in [-0.2, 0) is 16.0 Å². The predicted molar refractivity (Wildman–Crippen MR) is 101 cm³/mol. The van der Waals surface area contributed by atoms with E-state index in [9.17, 15) is 21.6 Å². The van der Waals surface area contributed by atoms with Crippen LogP contribution in [0.5, 0.6) is 0 Å². The number of rotatable bonds is 5. The molecule has 11 heteroatoms. The maximum absolute atomic E-state index is 13.4. The van der Waals surface area contributed by atoms with Gasteiger partial charge in [-0.25, -0.2) is 8.42 Å². The molecule has 0 aliphatic rings. The molecule has 1 unspecified atom stereocenters. The number of hydrogen-bond acceptors (Lipinski definition) is 6. The summed E-state index contributed by atoms with van der Waals surface area (Å²) in [6.07, 6.45) is -2.02. The Labute approximate surface area is 165 Å². The van der Waals surface area contributed by atoms with E-state index in [-0.39, 0.29) is 23.1 Å². The normalized spacial score (nSPS) is 13.8. The molecule has 0 saturated carbocycles. The Balaban J connectivity index is 2.14. The van der Waals surface area contributed by atoms with Gasteiger partial charge in [0.2, 0.25) is 15.8 Å². The molecule has 0 saturated heterocycles. The van der Waals surface area contributed by atoms with E-state index >= 15 is 0 Å². The summed E-state index contributed by atoms with van der Waals surface area (Å²) in [5, 5.41) is 6.63. The van der Waals surface area contributed by atoms with Crippen molar-refractivity contribution in [3.63, 3.8) is 0 Å². The van der Waals surface area contributed by atoms with Crippen LogP contribution >= 0.6 is 0 Å². The van der Waals surface area contributed by atoms with E-state index in [1.807, 2.05) is 13.8 Å². The van der Waals surface area contributed by atoms with Crippen molar-refractivity contribution in [3.05, 3.63) is 47.2 Å². The summed E-state index contributed by atoms with van der Waals surface area (Å²) < 4.78 is 65.5. The molecule has 29 heavy (non-hydrogen) atoms. The zero-order valence-electron chi connectivity index (χ0n) is 16.2. The second kappa shape index (κ2) is 7.29. The molecule has 0 aliphatic heterocycles. The summed E-state index contributed by atoms with van der Waals surface area (Å²) in [6.45, 7) is 5.33. The van der Waals surface area contributed by atoms with Gasteiger partial charge in [0.05, 0.1) is 17.8 Å². The van der Waals surface area contributed by atoms with Gasteiger partial charge in [0.25, 0.3) is 5.16 Å². The van der Waals surface area contributed by atoms with Gasteiger partial charge in [-0.2, -0.15) is 32.8 Å². The molecule has 2 aromatic heterocycles. The molecule has 0 amide bonds. The molecule has 1 N–H and O–H groups in total. The van der Waals surface area contributed by atoms with Crippen LogP contribution in [0.25, 0.3) is 5.65 Å². The fraction of sp³-hybridized carbons (Fsp3) is 0.389. The summed E-state index contributed by atoms with van der Waals surface area (Å²) >= 11 is 0. The van der Waals surface area contributed by atoms with E-state index in [0.29, 0.717) is 5.56 Å². The smallest absolute Gasteiger partial charge is 0.348 e. The van der Waals surface area contributed by atoms with Crippen LogP contribution in [0.4, 0.5) is 19.1 Å². The zero-order valence-corrected chi connectivity index (χ0v) is 17.0. The molecule has 0 spiro atoms. The van der Waals surface area contributed by atoms with Gasteiger partial charge in [0.1, 0.15) is 0 Å². The number of anilines is 1. The average molecular weight is 427 g/mol. The average Bonchev–Trinajstić information content (AvgIpc) is 3.04. The second-order valence-electron chi connectivity index (χ2n) is 7.04. The van der Waals surface area contributed by atoms with Crippen LogP contribution in [0.2, 0.25) is 0 Å². The van der Waals surface area contributed by atoms with Crippen molar-refractivity contribution in [1.29, 1.82) is 0 Å². The van der Waals surface area contributed by atoms with Crippen LogP contribution in [0, 0.1) is 0 Å². The number of halogens is 3. The van der Waals surface area contributed by atoms with Crippen LogP contribution in [-0.4, -0.2) is 34.3 Å². The first-order valence-electron chi connectivity index (χ1n) is 8.78. The van der Waals surface area contributed by atoms with Crippen molar-refractivity contribution in [2.24, 2.45) is 0 Å². The Kier molecular flexibility index (Phi) is 5.28. The number of nitrogens with zero attached hydrogens (tertiary/aromatic N) is 4. The number of alkyl halides is 3. The molecule has 7 nitrogen and oxygen atoms in total. The number of aromatic nitrogens is 4. The largest absolute Gasteiger partial charge is 0.416 e. The van der Waals surface area contributed by atoms with Crippen LogP contribution in [0.3, 0.4) is 0 Å². The number of sulfone groups is 1. The lowest BCUT2D eigenvalue weighted by Gasteiger charge is -2.20. The third kappa shape index (κ3) is 4.19. The van der Waals surface area contributed by atoms with Gasteiger partial charge in [-0.05, 0) is 24.5 Å². The molecule has 0 radical (unpaired) electrons. The van der Waals surface area contributed by atoms with Gasteiger partial charge in [0.15, 0.2) is 5.65 Å². The van der Waals surface area contributed by atoms with Gasteiger partial charge in [-0.15, -0.1) is 0 Å². The molecule has 2 heterocycles. The van der Waals surface area contributed by atoms with E-state index in [4.69, 9.17) is 0 Å². The Hall–Kier alpha value is -2.69. The number of benzene rings is 1. The number of nitrogens with one attached hydrogen (secondary N) is 1. The second-order valence-corrected chi connectivity index (χ2v) is 8.95. The summed E-state index contributed by atoms with van der Waals surface area (Å²) in [4.78, 5) is 8.12. The quantitative estimate of drug-likeness (QED) is 0.666. The SMILES string of the molecule is CC(C)c1cnn2c(NC(C)c3ccccc3C(F)(F)F)nc(S(C)(=O)=O)nc12. The highest BCUT2D eigenvalue weighted by molar-refractivity contribution is 7.90. The monoisotopic (exact) mass is 427 g/mol. The van der Waals surface area contributed by atoms with Crippen molar-refractivity contribution in [2.75, 3.05) is 11.6 Å². The first-order chi connectivity index (χ1) is 13.4. The minimum atomic E-state index is -4.53. The van der Waals surface area contributed by atoms with E-state index in [1.54, 1.807) is 6.20 Å². The topological polar surface area (TPSA) is 89.2 Å². The molecule has 1 atom stereocenters. The minimum Gasteiger partial charge on any atom is -0.348 e. The summed E-state index contributed by atoms with van der Waals surface area (Å²) in [5.74, 6) is -0.00200. The zero-order chi connectivity index (χ0) is 21.6.